The van der Waals surface area contributed by atoms with Crippen LogP contribution in [0.5, 0.6) is 0 Å². The molecule has 0 aliphatic heterocycles. The highest BCUT2D eigenvalue weighted by molar-refractivity contribution is 5.96. The molecule has 2 rings (SSSR count). The fourth-order valence-corrected chi connectivity index (χ4v) is 2.26. The second-order valence-corrected chi connectivity index (χ2v) is 4.83. The van der Waals surface area contributed by atoms with E-state index in [1.54, 1.807) is 16.7 Å². The minimum atomic E-state index is -0.178. The van der Waals surface area contributed by atoms with E-state index in [9.17, 15) is 9.59 Å². The van der Waals surface area contributed by atoms with Gasteiger partial charge in [-0.2, -0.15) is 0 Å². The number of carbonyl (C=O) groups excluding carboxylic acids is 1. The number of benzene rings is 1. The number of fused-ring (bicyclic) bond motifs is 1. The molecule has 1 aromatic carbocycles. The number of hydrogen-bond donors (Lipinski definition) is 1. The van der Waals surface area contributed by atoms with Crippen LogP contribution >= 0.6 is 0 Å². The van der Waals surface area contributed by atoms with E-state index < -0.39 is 0 Å². The van der Waals surface area contributed by atoms with Crippen molar-refractivity contribution in [3.05, 3.63) is 46.4 Å². The van der Waals surface area contributed by atoms with E-state index >= 15 is 0 Å². The third-order valence-corrected chi connectivity index (χ3v) is 3.23. The second-order valence-electron chi connectivity index (χ2n) is 4.83. The number of nitrogens with one attached hydrogen (secondary N) is 1. The summed E-state index contributed by atoms with van der Waals surface area (Å²) in [5, 5.41) is 4.31. The molecule has 0 radical (unpaired) electrons. The number of aromatic nitrogens is 1. The topological polar surface area (TPSA) is 51.1 Å². The van der Waals surface area contributed by atoms with Crippen molar-refractivity contribution in [3.63, 3.8) is 0 Å². The van der Waals surface area contributed by atoms with E-state index in [4.69, 9.17) is 0 Å². The summed E-state index contributed by atoms with van der Waals surface area (Å²) in [6.45, 7) is 5.17. The van der Waals surface area contributed by atoms with Crippen LogP contribution in [-0.4, -0.2) is 17.0 Å². The lowest BCUT2D eigenvalue weighted by Crippen LogP contribution is -2.32. The molecule has 20 heavy (non-hydrogen) atoms. The van der Waals surface area contributed by atoms with Crippen molar-refractivity contribution >= 4 is 16.7 Å². The Balaban J connectivity index is 2.59. The van der Waals surface area contributed by atoms with Gasteiger partial charge in [0.15, 0.2) is 0 Å². The zero-order chi connectivity index (χ0) is 14.5. The van der Waals surface area contributed by atoms with Crippen LogP contribution in [0.4, 0.5) is 0 Å². The summed E-state index contributed by atoms with van der Waals surface area (Å²) in [4.78, 5) is 24.7. The van der Waals surface area contributed by atoms with Gasteiger partial charge in [0.25, 0.3) is 11.5 Å². The Morgan fingerprint density at radius 2 is 1.95 bits per heavy atom. The van der Waals surface area contributed by atoms with Crippen LogP contribution in [0.1, 0.15) is 37.2 Å². The van der Waals surface area contributed by atoms with Crippen molar-refractivity contribution < 1.29 is 4.79 Å². The first kappa shape index (κ1) is 14.3. The van der Waals surface area contributed by atoms with Crippen LogP contribution in [0.15, 0.2) is 35.1 Å². The molecule has 0 saturated carbocycles. The first-order chi connectivity index (χ1) is 9.69. The predicted molar refractivity (Wildman–Crippen MR) is 81.1 cm³/mol. The van der Waals surface area contributed by atoms with Gasteiger partial charge in [-0.05, 0) is 30.4 Å². The van der Waals surface area contributed by atoms with Gasteiger partial charge in [-0.25, -0.2) is 0 Å². The smallest absolute Gasteiger partial charge is 0.268 e. The van der Waals surface area contributed by atoms with Gasteiger partial charge >= 0.3 is 0 Å². The van der Waals surface area contributed by atoms with Gasteiger partial charge in [0, 0.05) is 18.5 Å². The normalized spacial score (nSPS) is 10.7. The third kappa shape index (κ3) is 2.74. The third-order valence-electron chi connectivity index (χ3n) is 3.23. The van der Waals surface area contributed by atoms with Gasteiger partial charge in [-0.1, -0.05) is 32.0 Å². The van der Waals surface area contributed by atoms with Crippen LogP contribution in [0.2, 0.25) is 0 Å². The Hall–Kier alpha value is -2.10. The van der Waals surface area contributed by atoms with Gasteiger partial charge in [0.2, 0.25) is 0 Å². The summed E-state index contributed by atoms with van der Waals surface area (Å²) in [5.41, 5.74) is 0.357. The first-order valence-corrected chi connectivity index (χ1v) is 7.09. The van der Waals surface area contributed by atoms with Crippen LogP contribution in [0.25, 0.3) is 10.8 Å². The number of nitrogens with zero attached hydrogens (tertiary/aromatic N) is 1. The summed E-state index contributed by atoms with van der Waals surface area (Å²) in [7, 11) is 0. The maximum Gasteiger partial charge on any atom is 0.268 e. The molecular weight excluding hydrogens is 252 g/mol. The monoisotopic (exact) mass is 272 g/mol. The van der Waals surface area contributed by atoms with Crippen molar-refractivity contribution in [1.82, 2.24) is 9.88 Å². The van der Waals surface area contributed by atoms with E-state index in [-0.39, 0.29) is 11.5 Å². The maximum absolute atomic E-state index is 12.5. The zero-order valence-corrected chi connectivity index (χ0v) is 12.0. The average molecular weight is 272 g/mol. The number of amides is 1. The van der Waals surface area contributed by atoms with Crippen LogP contribution in [0.3, 0.4) is 0 Å². The van der Waals surface area contributed by atoms with E-state index in [1.165, 1.54) is 0 Å². The van der Waals surface area contributed by atoms with Crippen LogP contribution in [0, 0.1) is 0 Å². The quantitative estimate of drug-likeness (QED) is 0.909. The molecule has 4 nitrogen and oxygen atoms in total. The highest BCUT2D eigenvalue weighted by Gasteiger charge is 2.14. The molecule has 2 aromatic rings. The van der Waals surface area contributed by atoms with Gasteiger partial charge < -0.3 is 9.88 Å². The predicted octanol–water partition coefficient (Wildman–Crippen LogP) is 2.55. The van der Waals surface area contributed by atoms with E-state index in [0.29, 0.717) is 24.2 Å². The number of pyridine rings is 1. The van der Waals surface area contributed by atoms with Gasteiger partial charge in [-0.3, -0.25) is 9.59 Å². The van der Waals surface area contributed by atoms with Crippen molar-refractivity contribution in [2.24, 2.45) is 0 Å². The summed E-state index contributed by atoms with van der Waals surface area (Å²) in [5.74, 6) is -0.178. The molecule has 0 spiro atoms. The minimum absolute atomic E-state index is 0.0911. The molecule has 1 heterocycles. The Bertz CT molecular complexity index is 674. The van der Waals surface area contributed by atoms with Crippen LogP contribution < -0.4 is 10.9 Å². The fraction of sp³-hybridized carbons (Fsp3) is 0.375. The molecule has 0 saturated heterocycles. The molecule has 0 bridgehead atoms. The average Bonchev–Trinajstić information content (AvgIpc) is 2.47. The lowest BCUT2D eigenvalue weighted by atomic mass is 10.1. The van der Waals surface area contributed by atoms with E-state index in [0.717, 1.165) is 18.2 Å². The Morgan fingerprint density at radius 3 is 2.65 bits per heavy atom. The van der Waals surface area contributed by atoms with Gasteiger partial charge in [0.1, 0.15) is 5.69 Å². The zero-order valence-electron chi connectivity index (χ0n) is 12.0. The Morgan fingerprint density at radius 1 is 1.20 bits per heavy atom. The summed E-state index contributed by atoms with van der Waals surface area (Å²) in [6.07, 6.45) is 1.68. The molecule has 0 fully saturated rings. The maximum atomic E-state index is 12.5. The molecule has 1 amide bonds. The fourth-order valence-electron chi connectivity index (χ4n) is 2.26. The molecule has 0 aliphatic rings. The van der Waals surface area contributed by atoms with Gasteiger partial charge in [-0.15, -0.1) is 0 Å². The molecule has 1 aromatic heterocycles. The number of rotatable bonds is 5. The summed E-state index contributed by atoms with van der Waals surface area (Å²) >= 11 is 0. The highest BCUT2D eigenvalue weighted by atomic mass is 16.2. The molecule has 0 aliphatic carbocycles. The van der Waals surface area contributed by atoms with Crippen molar-refractivity contribution in [1.29, 1.82) is 0 Å². The minimum Gasteiger partial charge on any atom is -0.351 e. The molecule has 1 N–H and O–H groups in total. The van der Waals surface area contributed by atoms with Crippen molar-refractivity contribution in [3.8, 4) is 0 Å². The molecule has 0 unspecified atom stereocenters. The number of carbonyl (C=O) groups is 1. The standard InChI is InChI=1S/C16H20N2O2/c1-3-9-17-15(19)14-11-12-7-5-6-8-13(12)16(20)18(14)10-4-2/h5-8,11H,3-4,9-10H2,1-2H3,(H,17,19). The molecular formula is C16H20N2O2. The lowest BCUT2D eigenvalue weighted by molar-refractivity contribution is 0.0943. The number of hydrogen-bond acceptors (Lipinski definition) is 2. The summed E-state index contributed by atoms with van der Waals surface area (Å²) in [6, 6.07) is 9.19. The van der Waals surface area contributed by atoms with Crippen molar-refractivity contribution in [2.45, 2.75) is 33.2 Å². The first-order valence-electron chi connectivity index (χ1n) is 7.09. The Kier molecular flexibility index (Phi) is 4.56. The largest absolute Gasteiger partial charge is 0.351 e. The van der Waals surface area contributed by atoms with Crippen LogP contribution in [-0.2, 0) is 6.54 Å². The van der Waals surface area contributed by atoms with Gasteiger partial charge in [0.05, 0.1) is 0 Å². The van der Waals surface area contributed by atoms with E-state index in [2.05, 4.69) is 5.32 Å². The van der Waals surface area contributed by atoms with E-state index in [1.807, 2.05) is 32.0 Å². The highest BCUT2D eigenvalue weighted by Crippen LogP contribution is 2.12. The summed E-state index contributed by atoms with van der Waals surface area (Å²) < 4.78 is 1.58. The van der Waals surface area contributed by atoms with Crippen molar-refractivity contribution in [2.75, 3.05) is 6.54 Å². The SMILES string of the molecule is CCCNC(=O)c1cc2ccccc2c(=O)n1CCC. The Labute approximate surface area is 118 Å². The second kappa shape index (κ2) is 6.37. The lowest BCUT2D eigenvalue weighted by Gasteiger charge is -2.13. The molecule has 106 valence electrons. The molecule has 4 heteroatoms. The molecule has 0 atom stereocenters.